The maximum atomic E-state index is 12.2. The second-order valence-electron chi connectivity index (χ2n) is 8.64. The summed E-state index contributed by atoms with van der Waals surface area (Å²) in [5.74, 6) is -0.711. The van der Waals surface area contributed by atoms with E-state index in [4.69, 9.17) is 14.7 Å². The van der Waals surface area contributed by atoms with Crippen molar-refractivity contribution in [2.45, 2.75) is 37.3 Å². The molecule has 14 nitrogen and oxygen atoms in total. The zero-order valence-corrected chi connectivity index (χ0v) is 21.2. The van der Waals surface area contributed by atoms with E-state index < -0.39 is 52.8 Å². The first-order chi connectivity index (χ1) is 18.1. The van der Waals surface area contributed by atoms with Crippen molar-refractivity contribution in [2.75, 3.05) is 12.3 Å². The highest BCUT2D eigenvalue weighted by Gasteiger charge is 2.45. The number of nitrogen functional groups attached to an aromatic ring is 1. The quantitative estimate of drug-likeness (QED) is 0.132. The fourth-order valence-corrected chi connectivity index (χ4v) is 5.91. The summed E-state index contributed by atoms with van der Waals surface area (Å²) in [4.78, 5) is 36.0. The van der Waals surface area contributed by atoms with Gasteiger partial charge in [0.1, 0.15) is 24.4 Å². The zero-order chi connectivity index (χ0) is 27.0. The van der Waals surface area contributed by atoms with E-state index in [-0.39, 0.29) is 23.3 Å². The summed E-state index contributed by atoms with van der Waals surface area (Å²) in [7, 11) is -4.46. The van der Waals surface area contributed by atoms with Gasteiger partial charge < -0.3 is 25.7 Å². The highest BCUT2D eigenvalue weighted by Crippen LogP contribution is 2.39. The normalized spacial score (nSPS) is 21.8. The van der Waals surface area contributed by atoms with Gasteiger partial charge in [-0.05, 0) is 18.1 Å². The number of aryl methyl sites for hydroxylation is 1. The first kappa shape index (κ1) is 26.2. The fraction of sp³-hybridized carbons (Fsp3) is 0.318. The molecule has 8 N–H and O–H groups in total. The highest BCUT2D eigenvalue weighted by molar-refractivity contribution is 7.84. The molecule has 5 rings (SSSR count). The third-order valence-electron chi connectivity index (χ3n) is 6.13. The van der Waals surface area contributed by atoms with Crippen LogP contribution in [0.4, 0.5) is 5.95 Å². The number of aromatic nitrogens is 3. The summed E-state index contributed by atoms with van der Waals surface area (Å²) in [6.07, 6.45) is -3.11. The number of anilines is 1. The van der Waals surface area contributed by atoms with Crippen molar-refractivity contribution in [3.05, 3.63) is 56.6 Å². The van der Waals surface area contributed by atoms with Gasteiger partial charge in [-0.1, -0.05) is 18.2 Å². The third kappa shape index (κ3) is 5.28. The van der Waals surface area contributed by atoms with Crippen molar-refractivity contribution >= 4 is 55.3 Å². The molecule has 38 heavy (non-hydrogen) atoms. The summed E-state index contributed by atoms with van der Waals surface area (Å²) < 4.78 is 35.0. The number of para-hydroxylation sites is 1. The van der Waals surface area contributed by atoms with Gasteiger partial charge in [0.15, 0.2) is 0 Å². The van der Waals surface area contributed by atoms with Gasteiger partial charge in [0.25, 0.3) is 5.56 Å². The molecule has 1 aromatic carbocycles. The van der Waals surface area contributed by atoms with Crippen LogP contribution in [0.1, 0.15) is 23.0 Å². The Morgan fingerprint density at radius 1 is 1.24 bits per heavy atom. The standard InChI is InChI=1S/C22H24N6O8S2/c23-22-25-16-12(21(32)26-22)9-37-20(16)19-18(31)17(30)14(36-19)8-35-38(33,34)28-27-15(29)6-5-10-7-24-13-4-2-1-3-11(10)13/h1-4,7,9,14,17-19,24,28,30-31H,5-6,8H2,(H,27,29)(H3,23,25,26,32)/t14-,17-,18-,19-/m1/s1. The Balaban J connectivity index is 1.15. The van der Waals surface area contributed by atoms with Gasteiger partial charge in [-0.2, -0.15) is 8.42 Å². The number of rotatable bonds is 9. The molecule has 0 saturated carbocycles. The number of carbonyl (C=O) groups is 1. The molecule has 0 unspecified atom stereocenters. The number of aliphatic hydroxyl groups excluding tert-OH is 2. The number of nitrogens with zero attached hydrogens (tertiary/aromatic N) is 1. The molecule has 1 fully saturated rings. The number of ether oxygens (including phenoxy) is 1. The number of hydrogen-bond donors (Lipinski definition) is 7. The van der Waals surface area contributed by atoms with Crippen molar-refractivity contribution in [3.8, 4) is 0 Å². The maximum absolute atomic E-state index is 12.2. The fourth-order valence-electron chi connectivity index (χ4n) is 4.23. The van der Waals surface area contributed by atoms with Crippen LogP contribution in [-0.2, 0) is 30.4 Å². The van der Waals surface area contributed by atoms with Gasteiger partial charge in [0, 0.05) is 28.9 Å². The van der Waals surface area contributed by atoms with Crippen LogP contribution in [0.25, 0.3) is 21.8 Å². The molecule has 3 aromatic heterocycles. The van der Waals surface area contributed by atoms with Crippen LogP contribution >= 0.6 is 11.3 Å². The maximum Gasteiger partial charge on any atom is 0.353 e. The van der Waals surface area contributed by atoms with Gasteiger partial charge >= 0.3 is 10.3 Å². The minimum atomic E-state index is -4.46. The number of nitrogens with one attached hydrogen (secondary N) is 4. The Morgan fingerprint density at radius 3 is 2.84 bits per heavy atom. The molecule has 0 aliphatic carbocycles. The number of aliphatic hydroxyl groups is 2. The van der Waals surface area contributed by atoms with Crippen LogP contribution in [0.2, 0.25) is 0 Å². The summed E-state index contributed by atoms with van der Waals surface area (Å²) >= 11 is 1.07. The van der Waals surface area contributed by atoms with Crippen LogP contribution in [0.3, 0.4) is 0 Å². The Labute approximate surface area is 219 Å². The molecule has 16 heteroatoms. The number of amides is 1. The number of hydrazine groups is 1. The minimum Gasteiger partial charge on any atom is -0.387 e. The molecule has 0 radical (unpaired) electrons. The Hall–Kier alpha value is -3.38. The molecule has 1 aliphatic heterocycles. The van der Waals surface area contributed by atoms with E-state index in [9.17, 15) is 28.2 Å². The van der Waals surface area contributed by atoms with Crippen LogP contribution in [0.15, 0.2) is 40.6 Å². The van der Waals surface area contributed by atoms with Crippen LogP contribution < -0.4 is 21.5 Å². The number of aromatic amines is 2. The van der Waals surface area contributed by atoms with Crippen molar-refractivity contribution in [1.82, 2.24) is 25.2 Å². The molecule has 0 spiro atoms. The molecule has 202 valence electrons. The lowest BCUT2D eigenvalue weighted by Gasteiger charge is -2.15. The first-order valence-electron chi connectivity index (χ1n) is 11.4. The van der Waals surface area contributed by atoms with Crippen LogP contribution in [0.5, 0.6) is 0 Å². The summed E-state index contributed by atoms with van der Waals surface area (Å²) in [6.45, 7) is -0.658. The van der Waals surface area contributed by atoms with Crippen LogP contribution in [0, 0.1) is 0 Å². The van der Waals surface area contributed by atoms with Crippen LogP contribution in [-0.4, -0.2) is 64.4 Å². The van der Waals surface area contributed by atoms with Gasteiger partial charge in [-0.25, -0.2) is 4.98 Å². The van der Waals surface area contributed by atoms with E-state index in [1.165, 1.54) is 5.38 Å². The Morgan fingerprint density at radius 2 is 2.03 bits per heavy atom. The number of benzene rings is 1. The van der Waals surface area contributed by atoms with Gasteiger partial charge in [-0.15, -0.1) is 16.2 Å². The molecule has 1 aliphatic rings. The molecule has 4 heterocycles. The van der Waals surface area contributed by atoms with Crippen molar-refractivity contribution in [2.24, 2.45) is 0 Å². The lowest BCUT2D eigenvalue weighted by atomic mass is 10.1. The molecule has 0 bridgehead atoms. The number of thiophene rings is 1. The SMILES string of the molecule is Nc1nc2c([C@@H]3O[C@H](COS(=O)(=O)NNC(=O)CCc4c[nH]c5ccccc45)[C@@H](O)[C@H]3O)scc2c(=O)[nH]1. The molecule has 1 saturated heterocycles. The van der Waals surface area contributed by atoms with E-state index >= 15 is 0 Å². The van der Waals surface area contributed by atoms with Gasteiger partial charge in [0.2, 0.25) is 11.9 Å². The minimum absolute atomic E-state index is 0.0127. The summed E-state index contributed by atoms with van der Waals surface area (Å²) in [5, 5.41) is 23.6. The second-order valence-corrected chi connectivity index (χ2v) is 10.9. The van der Waals surface area contributed by atoms with E-state index in [0.717, 1.165) is 27.8 Å². The average Bonchev–Trinajstić information content (AvgIpc) is 3.57. The van der Waals surface area contributed by atoms with Crippen molar-refractivity contribution in [3.63, 3.8) is 0 Å². The van der Waals surface area contributed by atoms with Gasteiger partial charge in [0.05, 0.1) is 22.4 Å². The van der Waals surface area contributed by atoms with Crippen molar-refractivity contribution < 1.29 is 32.3 Å². The summed E-state index contributed by atoms with van der Waals surface area (Å²) in [6, 6.07) is 7.60. The zero-order valence-electron chi connectivity index (χ0n) is 19.6. The Bertz CT molecular complexity index is 1650. The van der Waals surface area contributed by atoms with E-state index in [2.05, 4.69) is 20.4 Å². The predicted molar refractivity (Wildman–Crippen MR) is 137 cm³/mol. The molecule has 4 atom stereocenters. The van der Waals surface area contributed by atoms with E-state index in [0.29, 0.717) is 11.3 Å². The number of nitrogens with two attached hydrogens (primary N) is 1. The third-order valence-corrected chi connectivity index (χ3v) is 7.96. The van der Waals surface area contributed by atoms with E-state index in [1.807, 2.05) is 29.1 Å². The lowest BCUT2D eigenvalue weighted by molar-refractivity contribution is -0.121. The van der Waals surface area contributed by atoms with Crippen molar-refractivity contribution in [1.29, 1.82) is 0 Å². The number of H-pyrrole nitrogens is 2. The number of carbonyl (C=O) groups excluding carboxylic acids is 1. The van der Waals surface area contributed by atoms with E-state index in [1.54, 1.807) is 6.20 Å². The smallest absolute Gasteiger partial charge is 0.353 e. The largest absolute Gasteiger partial charge is 0.387 e. The molecular formula is C22H24N6O8S2. The first-order valence-corrected chi connectivity index (χ1v) is 13.7. The molecule has 4 aromatic rings. The number of fused-ring (bicyclic) bond motifs is 2. The molecular weight excluding hydrogens is 540 g/mol. The summed E-state index contributed by atoms with van der Waals surface area (Å²) in [5.41, 5.74) is 9.27. The molecule has 1 amide bonds. The number of hydrogen-bond acceptors (Lipinski definition) is 11. The van der Waals surface area contributed by atoms with Gasteiger partial charge in [-0.3, -0.25) is 24.2 Å². The predicted octanol–water partition coefficient (Wildman–Crippen LogP) is -0.275. The topological polar surface area (TPSA) is 222 Å². The Kier molecular flexibility index (Phi) is 7.19. The monoisotopic (exact) mass is 564 g/mol. The highest BCUT2D eigenvalue weighted by atomic mass is 32.2. The average molecular weight is 565 g/mol. The lowest BCUT2D eigenvalue weighted by Crippen LogP contribution is -2.44. The second kappa shape index (κ2) is 10.4.